The highest BCUT2D eigenvalue weighted by Gasteiger charge is 2.32. The smallest absolute Gasteiger partial charge is 0.157 e. The van der Waals surface area contributed by atoms with Gasteiger partial charge in [0.15, 0.2) is 5.17 Å². The van der Waals surface area contributed by atoms with Crippen molar-refractivity contribution in [3.63, 3.8) is 0 Å². The highest BCUT2D eigenvalue weighted by atomic mass is 32.2. The normalized spacial score (nSPS) is 33.0. The van der Waals surface area contributed by atoms with Gasteiger partial charge in [-0.2, -0.15) is 0 Å². The molecule has 98 valence electrons. The van der Waals surface area contributed by atoms with Crippen LogP contribution in [0.1, 0.15) is 46.5 Å². The Balaban J connectivity index is 2.02. The molecule has 1 saturated heterocycles. The number of nitrogens with zero attached hydrogens (tertiary/aromatic N) is 1. The number of hydrogen-bond donors (Lipinski definition) is 1. The van der Waals surface area contributed by atoms with Gasteiger partial charge in [-0.3, -0.25) is 4.99 Å². The third-order valence-corrected chi connectivity index (χ3v) is 4.89. The summed E-state index contributed by atoms with van der Waals surface area (Å²) in [6.45, 7) is 8.52. The standard InChI is InChI=1S/C13H24N2OS/c1-4-12(2)7-10-17-11(14-12)15-13(3)5-8-16-9-6-13/h4-10H2,1-3H3,(H,14,15). The Morgan fingerprint density at radius 1 is 1.29 bits per heavy atom. The van der Waals surface area contributed by atoms with Crippen LogP contribution < -0.4 is 5.32 Å². The van der Waals surface area contributed by atoms with E-state index >= 15 is 0 Å². The minimum absolute atomic E-state index is 0.148. The van der Waals surface area contributed by atoms with Crippen molar-refractivity contribution in [2.24, 2.45) is 4.99 Å². The van der Waals surface area contributed by atoms with E-state index in [1.807, 2.05) is 11.8 Å². The zero-order chi connectivity index (χ0) is 12.4. The highest BCUT2D eigenvalue weighted by Crippen LogP contribution is 2.30. The van der Waals surface area contributed by atoms with E-state index in [0.717, 1.165) is 37.6 Å². The largest absolute Gasteiger partial charge is 0.381 e. The van der Waals surface area contributed by atoms with E-state index in [9.17, 15) is 0 Å². The molecule has 1 N–H and O–H groups in total. The van der Waals surface area contributed by atoms with Crippen LogP contribution in [0.2, 0.25) is 0 Å². The minimum Gasteiger partial charge on any atom is -0.381 e. The van der Waals surface area contributed by atoms with Gasteiger partial charge in [-0.05, 0) is 39.5 Å². The van der Waals surface area contributed by atoms with Crippen LogP contribution in [0.3, 0.4) is 0 Å². The lowest BCUT2D eigenvalue weighted by Crippen LogP contribution is -2.50. The molecular weight excluding hydrogens is 232 g/mol. The van der Waals surface area contributed by atoms with Crippen molar-refractivity contribution in [1.29, 1.82) is 0 Å². The van der Waals surface area contributed by atoms with E-state index in [0.29, 0.717) is 0 Å². The number of nitrogens with one attached hydrogen (secondary N) is 1. The first-order valence-electron chi connectivity index (χ1n) is 6.64. The maximum Gasteiger partial charge on any atom is 0.157 e. The van der Waals surface area contributed by atoms with Crippen LogP contribution in [0.4, 0.5) is 0 Å². The van der Waals surface area contributed by atoms with Crippen molar-refractivity contribution in [1.82, 2.24) is 5.32 Å². The van der Waals surface area contributed by atoms with Gasteiger partial charge in [-0.25, -0.2) is 0 Å². The first-order chi connectivity index (χ1) is 8.05. The van der Waals surface area contributed by atoms with Crippen LogP contribution in [0, 0.1) is 0 Å². The number of amidine groups is 1. The topological polar surface area (TPSA) is 33.6 Å². The van der Waals surface area contributed by atoms with E-state index in [1.165, 1.54) is 12.2 Å². The number of thioether (sulfide) groups is 1. The van der Waals surface area contributed by atoms with E-state index in [4.69, 9.17) is 9.73 Å². The van der Waals surface area contributed by atoms with Crippen molar-refractivity contribution in [2.45, 2.75) is 57.5 Å². The van der Waals surface area contributed by atoms with Crippen molar-refractivity contribution in [2.75, 3.05) is 19.0 Å². The zero-order valence-corrected chi connectivity index (χ0v) is 12.0. The van der Waals surface area contributed by atoms with Gasteiger partial charge in [0.1, 0.15) is 0 Å². The molecule has 17 heavy (non-hydrogen) atoms. The number of aliphatic imine (C=N–C) groups is 1. The van der Waals surface area contributed by atoms with Crippen molar-refractivity contribution >= 4 is 16.9 Å². The summed E-state index contributed by atoms with van der Waals surface area (Å²) in [6.07, 6.45) is 4.47. The Labute approximate surface area is 109 Å². The average Bonchev–Trinajstić information content (AvgIpc) is 2.29. The van der Waals surface area contributed by atoms with Gasteiger partial charge in [-0.15, -0.1) is 0 Å². The summed E-state index contributed by atoms with van der Waals surface area (Å²) in [5, 5.41) is 4.80. The minimum atomic E-state index is 0.148. The lowest BCUT2D eigenvalue weighted by molar-refractivity contribution is 0.0527. The van der Waals surface area contributed by atoms with Gasteiger partial charge >= 0.3 is 0 Å². The van der Waals surface area contributed by atoms with Crippen LogP contribution >= 0.6 is 11.8 Å². The molecule has 0 saturated carbocycles. The molecule has 0 spiro atoms. The lowest BCUT2D eigenvalue weighted by atomic mass is 9.93. The molecule has 0 aromatic heterocycles. The molecule has 0 amide bonds. The first-order valence-corrected chi connectivity index (χ1v) is 7.62. The second-order valence-corrected chi connectivity index (χ2v) is 6.75. The Morgan fingerprint density at radius 3 is 2.65 bits per heavy atom. The molecule has 1 atom stereocenters. The molecule has 0 radical (unpaired) electrons. The molecule has 0 aromatic rings. The monoisotopic (exact) mass is 256 g/mol. The molecule has 4 heteroatoms. The molecule has 2 aliphatic heterocycles. The quantitative estimate of drug-likeness (QED) is 0.825. The maximum atomic E-state index is 5.43. The summed E-state index contributed by atoms with van der Waals surface area (Å²) in [4.78, 5) is 4.90. The summed E-state index contributed by atoms with van der Waals surface area (Å²) in [6, 6.07) is 0. The molecule has 1 unspecified atom stereocenters. The van der Waals surface area contributed by atoms with Gasteiger partial charge < -0.3 is 10.1 Å². The van der Waals surface area contributed by atoms with Crippen molar-refractivity contribution in [3.05, 3.63) is 0 Å². The molecular formula is C13H24N2OS. The van der Waals surface area contributed by atoms with Crippen LogP contribution in [-0.2, 0) is 4.74 Å². The lowest BCUT2D eigenvalue weighted by Gasteiger charge is -2.38. The second-order valence-electron chi connectivity index (χ2n) is 5.66. The Morgan fingerprint density at radius 2 is 2.00 bits per heavy atom. The second kappa shape index (κ2) is 5.19. The molecule has 0 aromatic carbocycles. The number of rotatable bonds is 2. The number of ether oxygens (including phenoxy) is 1. The van der Waals surface area contributed by atoms with E-state index in [-0.39, 0.29) is 11.1 Å². The van der Waals surface area contributed by atoms with E-state index in [1.54, 1.807) is 0 Å². The summed E-state index contributed by atoms with van der Waals surface area (Å²) >= 11 is 1.87. The van der Waals surface area contributed by atoms with Crippen LogP contribution in [0.25, 0.3) is 0 Å². The van der Waals surface area contributed by atoms with Crippen LogP contribution in [0.15, 0.2) is 4.99 Å². The van der Waals surface area contributed by atoms with Crippen molar-refractivity contribution < 1.29 is 4.74 Å². The number of hydrogen-bond acceptors (Lipinski definition) is 4. The summed E-state index contributed by atoms with van der Waals surface area (Å²) in [5.74, 6) is 1.18. The fourth-order valence-electron chi connectivity index (χ4n) is 2.23. The Kier molecular flexibility index (Phi) is 4.03. The van der Waals surface area contributed by atoms with Crippen LogP contribution in [-0.4, -0.2) is 35.2 Å². The SMILES string of the molecule is CCC1(C)CCSC(NC2(C)CCOCC2)=N1. The van der Waals surface area contributed by atoms with Gasteiger partial charge in [-0.1, -0.05) is 18.7 Å². The first kappa shape index (κ1) is 13.2. The molecule has 0 bridgehead atoms. The summed E-state index contributed by atoms with van der Waals surface area (Å²) in [5.41, 5.74) is 0.325. The highest BCUT2D eigenvalue weighted by molar-refractivity contribution is 8.13. The summed E-state index contributed by atoms with van der Waals surface area (Å²) < 4.78 is 5.43. The molecule has 3 nitrogen and oxygen atoms in total. The third-order valence-electron chi connectivity index (χ3n) is 4.02. The fourth-order valence-corrected chi connectivity index (χ4v) is 3.56. The Bertz CT molecular complexity index is 300. The molecule has 0 aliphatic carbocycles. The summed E-state index contributed by atoms with van der Waals surface area (Å²) in [7, 11) is 0. The predicted molar refractivity (Wildman–Crippen MR) is 74.8 cm³/mol. The zero-order valence-electron chi connectivity index (χ0n) is 11.2. The molecule has 2 rings (SSSR count). The van der Waals surface area contributed by atoms with Gasteiger partial charge in [0.05, 0.1) is 5.54 Å². The average molecular weight is 256 g/mol. The van der Waals surface area contributed by atoms with Crippen LogP contribution in [0.5, 0.6) is 0 Å². The molecule has 2 aliphatic rings. The predicted octanol–water partition coefficient (Wildman–Crippen LogP) is 2.81. The van der Waals surface area contributed by atoms with E-state index < -0.39 is 0 Å². The van der Waals surface area contributed by atoms with Gasteiger partial charge in [0.25, 0.3) is 0 Å². The van der Waals surface area contributed by atoms with Gasteiger partial charge in [0.2, 0.25) is 0 Å². The molecule has 1 fully saturated rings. The fraction of sp³-hybridized carbons (Fsp3) is 0.923. The van der Waals surface area contributed by atoms with Gasteiger partial charge in [0, 0.05) is 24.5 Å². The molecule has 2 heterocycles. The van der Waals surface area contributed by atoms with E-state index in [2.05, 4.69) is 26.1 Å². The Hall–Kier alpha value is -0.220. The maximum absolute atomic E-state index is 5.43. The van der Waals surface area contributed by atoms with Crippen molar-refractivity contribution in [3.8, 4) is 0 Å². The third kappa shape index (κ3) is 3.38.